The molecule has 0 fully saturated rings. The molecular formula is C15H18N4O5S. The van der Waals surface area contributed by atoms with Crippen LogP contribution in [-0.4, -0.2) is 46.5 Å². The first-order chi connectivity index (χ1) is 11.9. The molecule has 1 aliphatic heterocycles. The van der Waals surface area contributed by atoms with Gasteiger partial charge in [0.25, 0.3) is 5.91 Å². The molecule has 0 spiro atoms. The van der Waals surface area contributed by atoms with Crippen molar-refractivity contribution in [1.82, 2.24) is 19.3 Å². The number of aryl methyl sites for hydroxylation is 1. The minimum Gasteiger partial charge on any atom is -0.497 e. The maximum atomic E-state index is 13.0. The number of fused-ring (bicyclic) bond motifs is 1. The summed E-state index contributed by atoms with van der Waals surface area (Å²) in [6.07, 6.45) is 1.69. The summed E-state index contributed by atoms with van der Waals surface area (Å²) in [5.41, 5.74) is 2.90. The Labute approximate surface area is 144 Å². The lowest BCUT2D eigenvalue weighted by atomic mass is 10.0. The average molecular weight is 366 g/mol. The molecule has 0 radical (unpaired) electrons. The van der Waals surface area contributed by atoms with Gasteiger partial charge in [-0.25, -0.2) is 18.9 Å². The monoisotopic (exact) mass is 366 g/mol. The number of rotatable bonds is 4. The number of ether oxygens (including phenoxy) is 1. The first kappa shape index (κ1) is 17.4. The van der Waals surface area contributed by atoms with Crippen LogP contribution in [0.15, 0.2) is 35.5 Å². The van der Waals surface area contributed by atoms with Crippen molar-refractivity contribution in [2.45, 2.75) is 23.9 Å². The molecule has 1 aromatic heterocycles. The highest BCUT2D eigenvalue weighted by atomic mass is 32.2. The van der Waals surface area contributed by atoms with E-state index < -0.39 is 22.0 Å². The number of benzene rings is 1. The highest BCUT2D eigenvalue weighted by Gasteiger charge is 2.41. The van der Waals surface area contributed by atoms with E-state index in [9.17, 15) is 13.2 Å². The average Bonchev–Trinajstić information content (AvgIpc) is 3.00. The van der Waals surface area contributed by atoms with Crippen molar-refractivity contribution >= 4 is 15.9 Å². The SMILES string of the molecule is COc1ccc(S(=O)(=O)N2Cc3ncn(C)c3C[C@@H]2C(=O)NO)cc1. The summed E-state index contributed by atoms with van der Waals surface area (Å²) in [6.45, 7) is -0.0530. The lowest BCUT2D eigenvalue weighted by Crippen LogP contribution is -2.52. The van der Waals surface area contributed by atoms with Gasteiger partial charge in [-0.05, 0) is 24.3 Å². The van der Waals surface area contributed by atoms with E-state index in [0.717, 1.165) is 10.00 Å². The Morgan fingerprint density at radius 1 is 1.36 bits per heavy atom. The number of methoxy groups -OCH3 is 1. The molecule has 2 heterocycles. The summed E-state index contributed by atoms with van der Waals surface area (Å²) in [5, 5.41) is 9.02. The largest absolute Gasteiger partial charge is 0.497 e. The fourth-order valence-electron chi connectivity index (χ4n) is 2.87. The van der Waals surface area contributed by atoms with E-state index in [2.05, 4.69) is 4.98 Å². The third-order valence-corrected chi connectivity index (χ3v) is 6.13. The maximum Gasteiger partial charge on any atom is 0.262 e. The molecule has 0 saturated carbocycles. The predicted octanol–water partition coefficient (Wildman–Crippen LogP) is 0.0497. The Kier molecular flexibility index (Phi) is 4.50. The van der Waals surface area contributed by atoms with Crippen LogP contribution in [0.1, 0.15) is 11.4 Å². The van der Waals surface area contributed by atoms with E-state index in [1.807, 2.05) is 0 Å². The van der Waals surface area contributed by atoms with Crippen molar-refractivity contribution in [1.29, 1.82) is 0 Å². The van der Waals surface area contributed by atoms with Gasteiger partial charge in [0.1, 0.15) is 11.8 Å². The Balaban J connectivity index is 2.03. The fourth-order valence-corrected chi connectivity index (χ4v) is 4.42. The number of hydrogen-bond acceptors (Lipinski definition) is 6. The number of nitrogens with one attached hydrogen (secondary N) is 1. The summed E-state index contributed by atoms with van der Waals surface area (Å²) in [4.78, 5) is 16.3. The number of imidazole rings is 1. The van der Waals surface area contributed by atoms with Crippen LogP contribution in [0.4, 0.5) is 0 Å². The second kappa shape index (κ2) is 6.47. The van der Waals surface area contributed by atoms with Crippen LogP contribution in [0.2, 0.25) is 0 Å². The van der Waals surface area contributed by atoms with Gasteiger partial charge >= 0.3 is 0 Å². The number of carbonyl (C=O) groups excluding carboxylic acids is 1. The summed E-state index contributed by atoms with van der Waals surface area (Å²) in [5.74, 6) is -0.266. The van der Waals surface area contributed by atoms with Crippen molar-refractivity contribution in [3.05, 3.63) is 42.0 Å². The van der Waals surface area contributed by atoms with Crippen molar-refractivity contribution < 1.29 is 23.2 Å². The number of hydroxylamine groups is 1. The third kappa shape index (κ3) is 2.99. The van der Waals surface area contributed by atoms with Crippen molar-refractivity contribution in [3.8, 4) is 5.75 Å². The minimum atomic E-state index is -3.97. The molecule has 2 aromatic rings. The van der Waals surface area contributed by atoms with Crippen molar-refractivity contribution in [2.75, 3.05) is 7.11 Å². The molecule has 25 heavy (non-hydrogen) atoms. The van der Waals surface area contributed by atoms with E-state index in [-0.39, 0.29) is 17.9 Å². The quantitative estimate of drug-likeness (QED) is 0.584. The standard InChI is InChI=1S/C15H18N4O5S/c1-18-9-16-12-8-19(14(7-13(12)18)15(20)17-21)25(22,23)11-5-3-10(24-2)4-6-11/h3-6,9,14,21H,7-8H2,1-2H3,(H,17,20)/t14-/m1/s1. The first-order valence-corrected chi connectivity index (χ1v) is 8.91. The normalized spacial score (nSPS) is 17.8. The molecule has 1 atom stereocenters. The molecule has 3 rings (SSSR count). The molecule has 1 aliphatic rings. The molecule has 9 nitrogen and oxygen atoms in total. The Bertz CT molecular complexity index is 891. The minimum absolute atomic E-state index is 0.0309. The summed E-state index contributed by atoms with van der Waals surface area (Å²) >= 11 is 0. The van der Waals surface area contributed by atoms with Gasteiger partial charge in [0.2, 0.25) is 10.0 Å². The van der Waals surface area contributed by atoms with Crippen molar-refractivity contribution in [2.24, 2.45) is 7.05 Å². The van der Waals surface area contributed by atoms with E-state index in [1.165, 1.54) is 31.4 Å². The Morgan fingerprint density at radius 2 is 2.04 bits per heavy atom. The summed E-state index contributed by atoms with van der Waals surface area (Å²) < 4.78 is 33.9. The van der Waals surface area contributed by atoms with Gasteiger partial charge in [-0.15, -0.1) is 0 Å². The van der Waals surface area contributed by atoms with Crippen LogP contribution in [0.3, 0.4) is 0 Å². The Morgan fingerprint density at radius 3 is 2.64 bits per heavy atom. The molecule has 10 heteroatoms. The zero-order valence-electron chi connectivity index (χ0n) is 13.7. The van der Waals surface area contributed by atoms with Gasteiger partial charge in [0, 0.05) is 19.2 Å². The number of carbonyl (C=O) groups is 1. The molecule has 0 aliphatic carbocycles. The van der Waals surface area contributed by atoms with Crippen LogP contribution in [0, 0.1) is 0 Å². The molecule has 134 valence electrons. The summed E-state index contributed by atoms with van der Waals surface area (Å²) in [7, 11) is -0.712. The number of sulfonamides is 1. The van der Waals surface area contributed by atoms with Crippen LogP contribution < -0.4 is 10.2 Å². The van der Waals surface area contributed by atoms with Crippen LogP contribution >= 0.6 is 0 Å². The smallest absolute Gasteiger partial charge is 0.262 e. The van der Waals surface area contributed by atoms with E-state index >= 15 is 0 Å². The third-order valence-electron chi connectivity index (χ3n) is 4.26. The number of amides is 1. The highest BCUT2D eigenvalue weighted by Crippen LogP contribution is 2.29. The zero-order chi connectivity index (χ0) is 18.2. The second-order valence-corrected chi connectivity index (χ2v) is 7.56. The summed E-state index contributed by atoms with van der Waals surface area (Å²) in [6, 6.07) is 4.82. The van der Waals surface area contributed by atoms with Crippen LogP contribution in [0.5, 0.6) is 5.75 Å². The molecule has 2 N–H and O–H groups in total. The first-order valence-electron chi connectivity index (χ1n) is 7.47. The number of aromatic nitrogens is 2. The molecule has 0 bridgehead atoms. The van der Waals surface area contributed by atoms with E-state index in [1.54, 1.807) is 23.4 Å². The predicted molar refractivity (Wildman–Crippen MR) is 86.4 cm³/mol. The van der Waals surface area contributed by atoms with Gasteiger partial charge in [-0.2, -0.15) is 4.31 Å². The van der Waals surface area contributed by atoms with Crippen LogP contribution in [-0.2, 0) is 34.8 Å². The lowest BCUT2D eigenvalue weighted by Gasteiger charge is -2.32. The van der Waals surface area contributed by atoms with Gasteiger partial charge in [0.15, 0.2) is 0 Å². The topological polar surface area (TPSA) is 114 Å². The van der Waals surface area contributed by atoms with E-state index in [0.29, 0.717) is 11.4 Å². The van der Waals surface area contributed by atoms with E-state index in [4.69, 9.17) is 9.94 Å². The molecule has 1 aromatic carbocycles. The van der Waals surface area contributed by atoms with Gasteiger partial charge in [-0.1, -0.05) is 0 Å². The lowest BCUT2D eigenvalue weighted by molar-refractivity contribution is -0.133. The number of hydrogen-bond donors (Lipinski definition) is 2. The molecular weight excluding hydrogens is 348 g/mol. The molecule has 1 amide bonds. The second-order valence-electron chi connectivity index (χ2n) is 5.67. The highest BCUT2D eigenvalue weighted by molar-refractivity contribution is 7.89. The van der Waals surface area contributed by atoms with Crippen molar-refractivity contribution in [3.63, 3.8) is 0 Å². The maximum absolute atomic E-state index is 13.0. The number of nitrogens with zero attached hydrogens (tertiary/aromatic N) is 3. The zero-order valence-corrected chi connectivity index (χ0v) is 14.5. The van der Waals surface area contributed by atoms with Gasteiger partial charge < -0.3 is 9.30 Å². The van der Waals surface area contributed by atoms with Gasteiger partial charge in [-0.3, -0.25) is 10.0 Å². The molecule has 0 unspecified atom stereocenters. The molecule has 0 saturated heterocycles. The van der Waals surface area contributed by atoms with Crippen LogP contribution in [0.25, 0.3) is 0 Å². The Hall–Kier alpha value is -2.43. The fraction of sp³-hybridized carbons (Fsp3) is 0.333. The van der Waals surface area contributed by atoms with Gasteiger partial charge in [0.05, 0.1) is 30.6 Å².